The Morgan fingerprint density at radius 1 is 1.27 bits per heavy atom. The predicted molar refractivity (Wildman–Crippen MR) is 119 cm³/mol. The highest BCUT2D eigenvalue weighted by molar-refractivity contribution is 5.98. The van der Waals surface area contributed by atoms with E-state index in [0.717, 1.165) is 19.5 Å². The predicted octanol–water partition coefficient (Wildman–Crippen LogP) is 3.25. The summed E-state index contributed by atoms with van der Waals surface area (Å²) in [5.41, 5.74) is 1.12. The van der Waals surface area contributed by atoms with Gasteiger partial charge in [-0.3, -0.25) is 14.5 Å². The zero-order valence-corrected chi connectivity index (χ0v) is 19.2. The molecule has 168 valence electrons. The Morgan fingerprint density at radius 3 is 2.63 bits per heavy atom. The molecule has 0 radical (unpaired) electrons. The topological polar surface area (TPSA) is 71.1 Å². The lowest BCUT2D eigenvalue weighted by Gasteiger charge is -2.35. The SMILES string of the molecule is CCCN1C[C@H](C)[C@@H](OC)CN(C)C(=O)c2ccc(NC(=O)CC)cc2OC[C@H]1C. The summed E-state index contributed by atoms with van der Waals surface area (Å²) in [6.45, 7) is 11.1. The summed E-state index contributed by atoms with van der Waals surface area (Å²) in [5, 5.41) is 2.84. The first kappa shape index (κ1) is 24.2. The van der Waals surface area contributed by atoms with Crippen molar-refractivity contribution in [3.63, 3.8) is 0 Å². The molecule has 0 unspecified atom stereocenters. The van der Waals surface area contributed by atoms with Crippen molar-refractivity contribution in [3.05, 3.63) is 23.8 Å². The summed E-state index contributed by atoms with van der Waals surface area (Å²) in [7, 11) is 3.49. The summed E-state index contributed by atoms with van der Waals surface area (Å²) in [5.74, 6) is 0.564. The monoisotopic (exact) mass is 419 g/mol. The third kappa shape index (κ3) is 6.19. The zero-order valence-electron chi connectivity index (χ0n) is 19.2. The molecule has 1 aromatic rings. The number of methoxy groups -OCH3 is 1. The van der Waals surface area contributed by atoms with Gasteiger partial charge in [0, 0.05) is 51.5 Å². The molecule has 2 amide bonds. The first-order chi connectivity index (χ1) is 14.3. The van der Waals surface area contributed by atoms with E-state index in [2.05, 4.69) is 31.0 Å². The highest BCUT2D eigenvalue weighted by atomic mass is 16.5. The van der Waals surface area contributed by atoms with E-state index >= 15 is 0 Å². The fourth-order valence-electron chi connectivity index (χ4n) is 3.77. The van der Waals surface area contributed by atoms with E-state index in [9.17, 15) is 9.59 Å². The number of amides is 2. The van der Waals surface area contributed by atoms with E-state index in [0.29, 0.717) is 36.6 Å². The van der Waals surface area contributed by atoms with Crippen LogP contribution >= 0.6 is 0 Å². The Hall–Kier alpha value is -2.12. The number of hydrogen-bond donors (Lipinski definition) is 1. The van der Waals surface area contributed by atoms with Crippen molar-refractivity contribution >= 4 is 17.5 Å². The number of nitrogens with one attached hydrogen (secondary N) is 1. The van der Waals surface area contributed by atoms with Crippen LogP contribution < -0.4 is 10.1 Å². The maximum atomic E-state index is 13.2. The lowest BCUT2D eigenvalue weighted by atomic mass is 10.0. The molecule has 0 saturated heterocycles. The third-order valence-electron chi connectivity index (χ3n) is 5.69. The van der Waals surface area contributed by atoms with Gasteiger partial charge in [-0.05, 0) is 37.9 Å². The number of carbonyl (C=O) groups is 2. The Bertz CT molecular complexity index is 724. The molecule has 0 aliphatic carbocycles. The van der Waals surface area contributed by atoms with Gasteiger partial charge in [0.25, 0.3) is 5.91 Å². The van der Waals surface area contributed by atoms with Gasteiger partial charge in [0.05, 0.1) is 11.7 Å². The largest absolute Gasteiger partial charge is 0.491 e. The average Bonchev–Trinajstić information content (AvgIpc) is 2.73. The van der Waals surface area contributed by atoms with Gasteiger partial charge in [-0.25, -0.2) is 0 Å². The van der Waals surface area contributed by atoms with Gasteiger partial charge in [0.1, 0.15) is 12.4 Å². The van der Waals surface area contributed by atoms with E-state index in [1.54, 1.807) is 44.2 Å². The molecule has 0 saturated carbocycles. The number of anilines is 1. The van der Waals surface area contributed by atoms with Gasteiger partial charge in [0.15, 0.2) is 0 Å². The van der Waals surface area contributed by atoms with Crippen LogP contribution in [0.3, 0.4) is 0 Å². The van der Waals surface area contributed by atoms with Crippen LogP contribution in [-0.4, -0.2) is 74.2 Å². The summed E-state index contributed by atoms with van der Waals surface area (Å²) >= 11 is 0. The minimum atomic E-state index is -0.119. The minimum Gasteiger partial charge on any atom is -0.491 e. The molecule has 0 aromatic heterocycles. The molecule has 7 nitrogen and oxygen atoms in total. The molecule has 1 N–H and O–H groups in total. The van der Waals surface area contributed by atoms with E-state index in [4.69, 9.17) is 9.47 Å². The Kier molecular flexibility index (Phi) is 9.11. The van der Waals surface area contributed by atoms with E-state index in [-0.39, 0.29) is 29.9 Å². The number of benzene rings is 1. The van der Waals surface area contributed by atoms with Gasteiger partial charge in [-0.15, -0.1) is 0 Å². The first-order valence-corrected chi connectivity index (χ1v) is 10.9. The molecule has 1 aliphatic rings. The van der Waals surface area contributed by atoms with Crippen molar-refractivity contribution in [1.82, 2.24) is 9.80 Å². The maximum Gasteiger partial charge on any atom is 0.257 e. The van der Waals surface area contributed by atoms with Crippen molar-refractivity contribution < 1.29 is 19.1 Å². The van der Waals surface area contributed by atoms with Gasteiger partial charge < -0.3 is 19.7 Å². The van der Waals surface area contributed by atoms with Crippen molar-refractivity contribution in [1.29, 1.82) is 0 Å². The number of carbonyl (C=O) groups excluding carboxylic acids is 2. The van der Waals surface area contributed by atoms with Gasteiger partial charge in [-0.1, -0.05) is 20.8 Å². The van der Waals surface area contributed by atoms with Crippen LogP contribution in [0.4, 0.5) is 5.69 Å². The fraction of sp³-hybridized carbons (Fsp3) is 0.652. The van der Waals surface area contributed by atoms with Crippen LogP contribution in [-0.2, 0) is 9.53 Å². The summed E-state index contributed by atoms with van der Waals surface area (Å²) < 4.78 is 11.9. The normalized spacial score (nSPS) is 23.7. The van der Waals surface area contributed by atoms with Crippen molar-refractivity contribution in [2.75, 3.05) is 45.7 Å². The number of fused-ring (bicyclic) bond motifs is 1. The lowest BCUT2D eigenvalue weighted by molar-refractivity contribution is -0.115. The third-order valence-corrected chi connectivity index (χ3v) is 5.69. The Balaban J connectivity index is 2.40. The van der Waals surface area contributed by atoms with Gasteiger partial charge >= 0.3 is 0 Å². The van der Waals surface area contributed by atoms with E-state index in [1.165, 1.54) is 0 Å². The number of ether oxygens (including phenoxy) is 2. The van der Waals surface area contributed by atoms with Crippen LogP contribution in [0.5, 0.6) is 5.75 Å². The highest BCUT2D eigenvalue weighted by Gasteiger charge is 2.28. The summed E-state index contributed by atoms with van der Waals surface area (Å²) in [4.78, 5) is 29.0. The molecule has 2 rings (SSSR count). The van der Waals surface area contributed by atoms with Gasteiger partial charge in [0.2, 0.25) is 5.91 Å². The molecule has 0 bridgehead atoms. The second-order valence-corrected chi connectivity index (χ2v) is 8.20. The minimum absolute atomic E-state index is 0.0579. The standard InChI is InChI=1S/C23H37N3O4/c1-7-11-26-13-16(3)21(29-6)14-25(5)23(28)19-10-9-18(24-22(27)8-2)12-20(19)30-15-17(26)4/h9-10,12,16-17,21H,7-8,11,13-15H2,1-6H3,(H,24,27)/t16-,17+,21-/m0/s1. The van der Waals surface area contributed by atoms with E-state index < -0.39 is 0 Å². The molecule has 7 heteroatoms. The highest BCUT2D eigenvalue weighted by Crippen LogP contribution is 2.27. The van der Waals surface area contributed by atoms with Crippen molar-refractivity contribution in [2.24, 2.45) is 5.92 Å². The Labute approximate surface area is 180 Å². The second-order valence-electron chi connectivity index (χ2n) is 8.20. The fourth-order valence-corrected chi connectivity index (χ4v) is 3.77. The number of hydrogen-bond acceptors (Lipinski definition) is 5. The molecular formula is C23H37N3O4. The number of rotatable bonds is 5. The van der Waals surface area contributed by atoms with Crippen LogP contribution in [0.2, 0.25) is 0 Å². The molecule has 0 fully saturated rings. The van der Waals surface area contributed by atoms with Gasteiger partial charge in [-0.2, -0.15) is 0 Å². The average molecular weight is 420 g/mol. The van der Waals surface area contributed by atoms with Crippen molar-refractivity contribution in [3.8, 4) is 5.75 Å². The molecular weight excluding hydrogens is 382 g/mol. The molecule has 1 heterocycles. The number of likely N-dealkylation sites (N-methyl/N-ethyl adjacent to an activating group) is 1. The van der Waals surface area contributed by atoms with E-state index in [1.807, 2.05) is 0 Å². The zero-order chi connectivity index (χ0) is 22.3. The second kappa shape index (κ2) is 11.3. The van der Waals surface area contributed by atoms with Crippen LogP contribution in [0.25, 0.3) is 0 Å². The smallest absolute Gasteiger partial charge is 0.257 e. The first-order valence-electron chi connectivity index (χ1n) is 10.9. The molecule has 30 heavy (non-hydrogen) atoms. The quantitative estimate of drug-likeness (QED) is 0.793. The molecule has 3 atom stereocenters. The molecule has 1 aliphatic heterocycles. The van der Waals surface area contributed by atoms with Crippen LogP contribution in [0, 0.1) is 5.92 Å². The lowest BCUT2D eigenvalue weighted by Crippen LogP contribution is -2.46. The molecule has 0 spiro atoms. The summed E-state index contributed by atoms with van der Waals surface area (Å²) in [6, 6.07) is 5.40. The molecule has 1 aromatic carbocycles. The Morgan fingerprint density at radius 2 is 2.00 bits per heavy atom. The van der Waals surface area contributed by atoms with Crippen molar-refractivity contribution in [2.45, 2.75) is 52.7 Å². The number of nitrogens with zero attached hydrogens (tertiary/aromatic N) is 2. The van der Waals surface area contributed by atoms with Crippen LogP contribution in [0.15, 0.2) is 18.2 Å². The summed E-state index contributed by atoms with van der Waals surface area (Å²) in [6.07, 6.45) is 1.38. The van der Waals surface area contributed by atoms with Crippen LogP contribution in [0.1, 0.15) is 50.9 Å². The maximum absolute atomic E-state index is 13.2.